The van der Waals surface area contributed by atoms with Gasteiger partial charge in [-0.05, 0) is 49.2 Å². The number of aromatic nitrogens is 4. The lowest BCUT2D eigenvalue weighted by molar-refractivity contribution is 0.174. The molecule has 134 valence electrons. The third-order valence-corrected chi connectivity index (χ3v) is 6.21. The maximum atomic E-state index is 14.2. The lowest BCUT2D eigenvalue weighted by Crippen LogP contribution is -2.39. The summed E-state index contributed by atoms with van der Waals surface area (Å²) in [7, 11) is 1.94. The van der Waals surface area contributed by atoms with Crippen LogP contribution in [-0.2, 0) is 7.05 Å². The van der Waals surface area contributed by atoms with E-state index in [1.54, 1.807) is 11.3 Å². The van der Waals surface area contributed by atoms with Crippen molar-refractivity contribution in [2.75, 3.05) is 13.1 Å². The van der Waals surface area contributed by atoms with Crippen LogP contribution in [0.4, 0.5) is 4.39 Å². The number of hydrogen-bond donors (Lipinski definition) is 1. The molecule has 26 heavy (non-hydrogen) atoms. The van der Waals surface area contributed by atoms with Gasteiger partial charge in [0.15, 0.2) is 0 Å². The summed E-state index contributed by atoms with van der Waals surface area (Å²) < 4.78 is 17.9. The van der Waals surface area contributed by atoms with Crippen LogP contribution in [-0.4, -0.2) is 38.8 Å². The van der Waals surface area contributed by atoms with Crippen LogP contribution >= 0.6 is 11.3 Å². The Labute approximate surface area is 154 Å². The summed E-state index contributed by atoms with van der Waals surface area (Å²) in [6, 6.07) is 6.36. The second-order valence-corrected chi connectivity index (χ2v) is 8.12. The molecule has 0 aliphatic carbocycles. The second kappa shape index (κ2) is 5.89. The maximum absolute atomic E-state index is 14.2. The minimum absolute atomic E-state index is 0.159. The van der Waals surface area contributed by atoms with Gasteiger partial charge >= 0.3 is 0 Å². The molecule has 1 aliphatic rings. The number of alkyl halides is 1. The van der Waals surface area contributed by atoms with E-state index in [4.69, 9.17) is 0 Å². The van der Waals surface area contributed by atoms with Crippen LogP contribution in [0.1, 0.15) is 18.0 Å². The van der Waals surface area contributed by atoms with Gasteiger partial charge in [0.25, 0.3) is 0 Å². The smallest absolute Gasteiger partial charge is 0.146 e. The zero-order chi connectivity index (χ0) is 17.8. The Kier molecular flexibility index (Phi) is 3.62. The van der Waals surface area contributed by atoms with Gasteiger partial charge in [-0.15, -0.1) is 11.3 Å². The van der Waals surface area contributed by atoms with E-state index in [1.165, 1.54) is 16.0 Å². The average Bonchev–Trinajstić information content (AvgIpc) is 3.27. The lowest BCUT2D eigenvalue weighted by atomic mass is 10.1. The molecule has 1 aromatic carbocycles. The molecule has 1 aliphatic heterocycles. The molecule has 0 radical (unpaired) electrons. The van der Waals surface area contributed by atoms with Gasteiger partial charge in [0.05, 0.1) is 11.6 Å². The number of fused-ring (bicyclic) bond motifs is 2. The van der Waals surface area contributed by atoms with E-state index in [-0.39, 0.29) is 6.04 Å². The number of thiophene rings is 1. The summed E-state index contributed by atoms with van der Waals surface area (Å²) in [6.45, 7) is 3.35. The Hall–Kier alpha value is -2.25. The minimum atomic E-state index is -0.882. The first kappa shape index (κ1) is 16.0. The molecular weight excluding hydrogens is 349 g/mol. The second-order valence-electron chi connectivity index (χ2n) is 7.09. The molecule has 0 bridgehead atoms. The lowest BCUT2D eigenvalue weighted by Gasteiger charge is -2.26. The van der Waals surface area contributed by atoms with E-state index in [9.17, 15) is 4.39 Å². The summed E-state index contributed by atoms with van der Waals surface area (Å²) in [5.41, 5.74) is 3.40. The first-order valence-corrected chi connectivity index (χ1v) is 9.68. The zero-order valence-electron chi connectivity index (χ0n) is 14.7. The molecule has 5 rings (SSSR count). The fourth-order valence-electron chi connectivity index (χ4n) is 3.83. The highest BCUT2D eigenvalue weighted by atomic mass is 32.1. The third kappa shape index (κ3) is 2.54. The first-order valence-electron chi connectivity index (χ1n) is 8.86. The Morgan fingerprint density at radius 3 is 2.88 bits per heavy atom. The number of nitrogens with zero attached hydrogens (tertiary/aromatic N) is 4. The van der Waals surface area contributed by atoms with Crippen LogP contribution in [0.15, 0.2) is 30.6 Å². The van der Waals surface area contributed by atoms with E-state index in [2.05, 4.69) is 40.6 Å². The SMILES string of the molecule is Cc1cc(-c2cc3cn([C@@H]4CCNC[C@@H]4F)nc3s2)cc2cn(C)nc12. The van der Waals surface area contributed by atoms with Gasteiger partial charge in [-0.3, -0.25) is 9.36 Å². The number of nitrogens with one attached hydrogen (secondary N) is 1. The van der Waals surface area contributed by atoms with E-state index in [1.807, 2.05) is 28.8 Å². The molecule has 7 heteroatoms. The van der Waals surface area contributed by atoms with Crippen LogP contribution in [0.3, 0.4) is 0 Å². The third-order valence-electron chi connectivity index (χ3n) is 5.13. The minimum Gasteiger partial charge on any atom is -0.314 e. The quantitative estimate of drug-likeness (QED) is 0.584. The van der Waals surface area contributed by atoms with Gasteiger partial charge < -0.3 is 5.32 Å². The number of piperidine rings is 1. The summed E-state index contributed by atoms with van der Waals surface area (Å²) in [6.07, 6.45) is 3.93. The molecule has 1 N–H and O–H groups in total. The molecule has 3 aromatic heterocycles. The van der Waals surface area contributed by atoms with Gasteiger partial charge in [0, 0.05) is 41.6 Å². The summed E-state index contributed by atoms with van der Waals surface area (Å²) in [5, 5.41) is 14.5. The Balaban J connectivity index is 1.53. The fourth-order valence-corrected chi connectivity index (χ4v) is 4.83. The number of hydrogen-bond acceptors (Lipinski definition) is 4. The van der Waals surface area contributed by atoms with Gasteiger partial charge in [0.2, 0.25) is 0 Å². The predicted molar refractivity (Wildman–Crippen MR) is 103 cm³/mol. The van der Waals surface area contributed by atoms with Crippen molar-refractivity contribution in [2.45, 2.75) is 25.6 Å². The molecule has 0 unspecified atom stereocenters. The molecule has 0 saturated carbocycles. The molecule has 4 heterocycles. The van der Waals surface area contributed by atoms with Gasteiger partial charge in [-0.2, -0.15) is 10.2 Å². The molecule has 1 fully saturated rings. The zero-order valence-corrected chi connectivity index (χ0v) is 15.6. The monoisotopic (exact) mass is 369 g/mol. The Morgan fingerprint density at radius 1 is 1.19 bits per heavy atom. The highest BCUT2D eigenvalue weighted by Gasteiger charge is 2.27. The van der Waals surface area contributed by atoms with Crippen LogP contribution in [0.25, 0.3) is 31.6 Å². The summed E-state index contributed by atoms with van der Waals surface area (Å²) in [4.78, 5) is 2.15. The van der Waals surface area contributed by atoms with Crippen LogP contribution in [0.5, 0.6) is 0 Å². The Morgan fingerprint density at radius 2 is 2.08 bits per heavy atom. The van der Waals surface area contributed by atoms with Crippen LogP contribution in [0, 0.1) is 6.92 Å². The number of benzene rings is 1. The van der Waals surface area contributed by atoms with Crippen molar-refractivity contribution >= 4 is 32.5 Å². The highest BCUT2D eigenvalue weighted by Crippen LogP contribution is 2.36. The van der Waals surface area contributed by atoms with Crippen molar-refractivity contribution in [3.05, 3.63) is 36.2 Å². The van der Waals surface area contributed by atoms with Gasteiger partial charge in [-0.25, -0.2) is 4.39 Å². The van der Waals surface area contributed by atoms with Crippen molar-refractivity contribution < 1.29 is 4.39 Å². The molecule has 2 atom stereocenters. The van der Waals surface area contributed by atoms with Crippen LogP contribution < -0.4 is 5.32 Å². The van der Waals surface area contributed by atoms with E-state index in [0.717, 1.165) is 34.1 Å². The predicted octanol–water partition coefficient (Wildman–Crippen LogP) is 3.83. The number of halogens is 1. The van der Waals surface area contributed by atoms with Gasteiger partial charge in [-0.1, -0.05) is 0 Å². The molecule has 0 spiro atoms. The molecule has 4 aromatic rings. The van der Waals surface area contributed by atoms with Crippen molar-refractivity contribution in [3.63, 3.8) is 0 Å². The number of rotatable bonds is 2. The van der Waals surface area contributed by atoms with E-state index in [0.29, 0.717) is 6.54 Å². The topological polar surface area (TPSA) is 47.7 Å². The van der Waals surface area contributed by atoms with Crippen molar-refractivity contribution in [2.24, 2.45) is 7.05 Å². The van der Waals surface area contributed by atoms with Crippen molar-refractivity contribution in [1.82, 2.24) is 24.9 Å². The van der Waals surface area contributed by atoms with Crippen LogP contribution in [0.2, 0.25) is 0 Å². The standard InChI is InChI=1S/C19H20FN5S/c1-11-5-12(6-13-9-24(2)22-18(11)13)17-7-14-10-25(23-19(14)26-17)16-3-4-21-8-15(16)20/h5-7,9-10,15-16,21H,3-4,8H2,1-2H3/t15-,16+/m0/s1. The number of aryl methyl sites for hydroxylation is 2. The molecule has 0 amide bonds. The molecule has 1 saturated heterocycles. The fraction of sp³-hybridized carbons (Fsp3) is 0.368. The van der Waals surface area contributed by atoms with E-state index >= 15 is 0 Å². The van der Waals surface area contributed by atoms with Gasteiger partial charge in [0.1, 0.15) is 11.0 Å². The normalized spacial score (nSPS) is 21.0. The summed E-state index contributed by atoms with van der Waals surface area (Å²) in [5.74, 6) is 0. The molecule has 5 nitrogen and oxygen atoms in total. The highest BCUT2D eigenvalue weighted by molar-refractivity contribution is 7.21. The summed E-state index contributed by atoms with van der Waals surface area (Å²) >= 11 is 1.66. The molecular formula is C19H20FN5S. The Bertz CT molecular complexity index is 1080. The first-order chi connectivity index (χ1) is 12.6. The van der Waals surface area contributed by atoms with Crippen molar-refractivity contribution in [1.29, 1.82) is 0 Å². The van der Waals surface area contributed by atoms with Crippen molar-refractivity contribution in [3.8, 4) is 10.4 Å². The maximum Gasteiger partial charge on any atom is 0.146 e. The van der Waals surface area contributed by atoms with E-state index < -0.39 is 6.17 Å². The average molecular weight is 369 g/mol. The largest absolute Gasteiger partial charge is 0.314 e.